The molecule has 1 aromatic heterocycles. The second kappa shape index (κ2) is 6.80. The van der Waals surface area contributed by atoms with Crippen LogP contribution in [0.3, 0.4) is 0 Å². The third-order valence-electron chi connectivity index (χ3n) is 3.19. The number of hydrogen-bond acceptors (Lipinski definition) is 6. The summed E-state index contributed by atoms with van der Waals surface area (Å²) in [6.07, 6.45) is 1.45. The summed E-state index contributed by atoms with van der Waals surface area (Å²) in [7, 11) is -1.99. The van der Waals surface area contributed by atoms with Crippen LogP contribution in [-0.4, -0.2) is 37.4 Å². The molecule has 0 atom stereocenters. The highest BCUT2D eigenvalue weighted by Gasteiger charge is 2.14. The summed E-state index contributed by atoms with van der Waals surface area (Å²) in [6.45, 7) is 1.97. The van der Waals surface area contributed by atoms with Crippen molar-refractivity contribution in [2.24, 2.45) is 12.2 Å². The SMILES string of the molecule is Cc1c(C(=O)OCCOc2ccc(S(N)(=O)=O)cc2)cnn1C. The van der Waals surface area contributed by atoms with E-state index in [1.807, 2.05) is 0 Å². The smallest absolute Gasteiger partial charge is 0.341 e. The summed E-state index contributed by atoms with van der Waals surface area (Å²) < 4.78 is 34.3. The molecule has 124 valence electrons. The second-order valence-electron chi connectivity index (χ2n) is 4.77. The van der Waals surface area contributed by atoms with Crippen LogP contribution in [0.25, 0.3) is 0 Å². The highest BCUT2D eigenvalue weighted by atomic mass is 32.2. The van der Waals surface area contributed by atoms with Crippen LogP contribution in [0, 0.1) is 6.92 Å². The molecule has 2 rings (SSSR count). The first-order valence-electron chi connectivity index (χ1n) is 6.70. The van der Waals surface area contributed by atoms with Gasteiger partial charge in [-0.2, -0.15) is 5.10 Å². The van der Waals surface area contributed by atoms with Gasteiger partial charge in [-0.25, -0.2) is 18.4 Å². The van der Waals surface area contributed by atoms with Gasteiger partial charge >= 0.3 is 5.97 Å². The van der Waals surface area contributed by atoms with Crippen molar-refractivity contribution in [3.8, 4) is 5.75 Å². The number of aromatic nitrogens is 2. The van der Waals surface area contributed by atoms with Crippen LogP contribution in [0.5, 0.6) is 5.75 Å². The molecule has 23 heavy (non-hydrogen) atoms. The lowest BCUT2D eigenvalue weighted by molar-refractivity contribution is 0.0449. The lowest BCUT2D eigenvalue weighted by Gasteiger charge is -2.08. The number of ether oxygens (including phenoxy) is 2. The molecule has 0 fully saturated rings. The Balaban J connectivity index is 1.81. The van der Waals surface area contributed by atoms with E-state index < -0.39 is 16.0 Å². The van der Waals surface area contributed by atoms with E-state index in [1.54, 1.807) is 18.7 Å². The molecule has 1 aromatic carbocycles. The minimum atomic E-state index is -3.72. The predicted molar refractivity (Wildman–Crippen MR) is 81.5 cm³/mol. The maximum Gasteiger partial charge on any atom is 0.341 e. The van der Waals surface area contributed by atoms with Gasteiger partial charge in [-0.3, -0.25) is 4.68 Å². The molecule has 0 saturated heterocycles. The topological polar surface area (TPSA) is 114 Å². The maximum absolute atomic E-state index is 11.8. The van der Waals surface area contributed by atoms with E-state index in [2.05, 4.69) is 5.10 Å². The molecule has 1 heterocycles. The molecule has 0 bridgehead atoms. The monoisotopic (exact) mass is 339 g/mol. The largest absolute Gasteiger partial charge is 0.490 e. The van der Waals surface area contributed by atoms with E-state index in [1.165, 1.54) is 30.5 Å². The number of nitrogens with two attached hydrogens (primary N) is 1. The Hall–Kier alpha value is -2.39. The van der Waals surface area contributed by atoms with Gasteiger partial charge in [0, 0.05) is 12.7 Å². The Morgan fingerprint density at radius 2 is 1.91 bits per heavy atom. The zero-order valence-electron chi connectivity index (χ0n) is 12.7. The number of carbonyl (C=O) groups is 1. The van der Waals surface area contributed by atoms with Crippen molar-refractivity contribution in [1.29, 1.82) is 0 Å². The maximum atomic E-state index is 11.8. The number of aryl methyl sites for hydroxylation is 1. The lowest BCUT2D eigenvalue weighted by Crippen LogP contribution is -2.13. The highest BCUT2D eigenvalue weighted by Crippen LogP contribution is 2.14. The summed E-state index contributed by atoms with van der Waals surface area (Å²) in [5.41, 5.74) is 1.12. The standard InChI is InChI=1S/C14H17N3O5S/c1-10-13(9-16-17(10)2)14(18)22-8-7-21-11-3-5-12(6-4-11)23(15,19)20/h3-6,9H,7-8H2,1-2H3,(H2,15,19,20). The van der Waals surface area contributed by atoms with Crippen LogP contribution >= 0.6 is 0 Å². The van der Waals surface area contributed by atoms with Crippen molar-refractivity contribution < 1.29 is 22.7 Å². The average Bonchev–Trinajstić information content (AvgIpc) is 2.83. The van der Waals surface area contributed by atoms with E-state index in [0.717, 1.165) is 5.69 Å². The van der Waals surface area contributed by atoms with Crippen molar-refractivity contribution in [2.45, 2.75) is 11.8 Å². The predicted octanol–water partition coefficient (Wildman–Crippen LogP) is 0.612. The number of sulfonamides is 1. The minimum Gasteiger partial charge on any atom is -0.490 e. The van der Waals surface area contributed by atoms with Crippen molar-refractivity contribution in [3.05, 3.63) is 41.7 Å². The van der Waals surface area contributed by atoms with Crippen LogP contribution in [0.2, 0.25) is 0 Å². The van der Waals surface area contributed by atoms with Crippen molar-refractivity contribution >= 4 is 16.0 Å². The quantitative estimate of drug-likeness (QED) is 0.609. The summed E-state index contributed by atoms with van der Waals surface area (Å²) in [4.78, 5) is 11.8. The third-order valence-corrected chi connectivity index (χ3v) is 4.12. The summed E-state index contributed by atoms with van der Waals surface area (Å²) >= 11 is 0. The molecule has 0 aliphatic rings. The first-order valence-corrected chi connectivity index (χ1v) is 8.25. The normalized spacial score (nSPS) is 11.3. The van der Waals surface area contributed by atoms with E-state index in [0.29, 0.717) is 11.3 Å². The molecular weight excluding hydrogens is 322 g/mol. The van der Waals surface area contributed by atoms with Gasteiger partial charge in [-0.05, 0) is 31.2 Å². The van der Waals surface area contributed by atoms with Gasteiger partial charge in [0.1, 0.15) is 24.5 Å². The van der Waals surface area contributed by atoms with Gasteiger partial charge in [0.2, 0.25) is 10.0 Å². The second-order valence-corrected chi connectivity index (χ2v) is 6.33. The van der Waals surface area contributed by atoms with Crippen LogP contribution in [0.15, 0.2) is 35.4 Å². The first kappa shape index (κ1) is 17.0. The number of esters is 1. The van der Waals surface area contributed by atoms with Gasteiger partial charge in [-0.1, -0.05) is 0 Å². The Labute approximate surface area is 133 Å². The molecule has 0 aliphatic carbocycles. The molecule has 2 aromatic rings. The highest BCUT2D eigenvalue weighted by molar-refractivity contribution is 7.89. The third kappa shape index (κ3) is 4.30. The van der Waals surface area contributed by atoms with E-state index in [9.17, 15) is 13.2 Å². The number of rotatable bonds is 6. The van der Waals surface area contributed by atoms with Crippen LogP contribution < -0.4 is 9.88 Å². The van der Waals surface area contributed by atoms with Gasteiger partial charge < -0.3 is 9.47 Å². The Kier molecular flexibility index (Phi) is 5.02. The number of benzene rings is 1. The van der Waals surface area contributed by atoms with E-state index in [-0.39, 0.29) is 18.1 Å². The Morgan fingerprint density at radius 1 is 1.26 bits per heavy atom. The fraction of sp³-hybridized carbons (Fsp3) is 0.286. The molecular formula is C14H17N3O5S. The summed E-state index contributed by atoms with van der Waals surface area (Å²) in [6, 6.07) is 5.64. The molecule has 0 unspecified atom stereocenters. The van der Waals surface area contributed by atoms with Crippen molar-refractivity contribution in [3.63, 3.8) is 0 Å². The fourth-order valence-electron chi connectivity index (χ4n) is 1.80. The molecule has 0 radical (unpaired) electrons. The summed E-state index contributed by atoms with van der Waals surface area (Å²) in [5, 5.41) is 8.96. The van der Waals surface area contributed by atoms with Crippen LogP contribution in [-0.2, 0) is 21.8 Å². The molecule has 0 saturated carbocycles. The molecule has 9 heteroatoms. The number of primary sulfonamides is 1. The fourth-order valence-corrected chi connectivity index (χ4v) is 2.31. The van der Waals surface area contributed by atoms with Gasteiger partial charge in [-0.15, -0.1) is 0 Å². The van der Waals surface area contributed by atoms with Gasteiger partial charge in [0.25, 0.3) is 0 Å². The van der Waals surface area contributed by atoms with Gasteiger partial charge in [0.05, 0.1) is 11.1 Å². The minimum absolute atomic E-state index is 0.00308. The van der Waals surface area contributed by atoms with E-state index in [4.69, 9.17) is 14.6 Å². The molecule has 0 aliphatic heterocycles. The van der Waals surface area contributed by atoms with Crippen molar-refractivity contribution in [2.75, 3.05) is 13.2 Å². The average molecular weight is 339 g/mol. The molecule has 2 N–H and O–H groups in total. The molecule has 8 nitrogen and oxygen atoms in total. The van der Waals surface area contributed by atoms with Crippen LogP contribution in [0.4, 0.5) is 0 Å². The first-order chi connectivity index (χ1) is 10.8. The Bertz CT molecular complexity index is 796. The molecule has 0 amide bonds. The summed E-state index contributed by atoms with van der Waals surface area (Å²) in [5.74, 6) is -0.0187. The van der Waals surface area contributed by atoms with Crippen molar-refractivity contribution in [1.82, 2.24) is 9.78 Å². The zero-order chi connectivity index (χ0) is 17.0. The zero-order valence-corrected chi connectivity index (χ0v) is 13.5. The molecule has 0 spiro atoms. The number of hydrogen-bond donors (Lipinski definition) is 1. The number of nitrogens with zero attached hydrogens (tertiary/aromatic N) is 2. The lowest BCUT2D eigenvalue weighted by atomic mass is 10.3. The van der Waals surface area contributed by atoms with Crippen LogP contribution in [0.1, 0.15) is 16.1 Å². The van der Waals surface area contributed by atoms with E-state index >= 15 is 0 Å². The number of carbonyl (C=O) groups excluding carboxylic acids is 1. The van der Waals surface area contributed by atoms with Gasteiger partial charge in [0.15, 0.2) is 0 Å². The Morgan fingerprint density at radius 3 is 2.43 bits per heavy atom.